The number of hydrogen-bond acceptors (Lipinski definition) is 2. The molecule has 0 heterocycles. The van der Waals surface area contributed by atoms with E-state index in [-0.39, 0.29) is 6.67 Å². The molecule has 0 saturated carbocycles. The monoisotopic (exact) mass is 506 g/mol. The van der Waals surface area contributed by atoms with Crippen molar-refractivity contribution in [2.24, 2.45) is 0 Å². The van der Waals surface area contributed by atoms with Crippen molar-refractivity contribution in [3.05, 3.63) is 35.9 Å². The Morgan fingerprint density at radius 3 is 1.50 bits per heavy atom. The zero-order valence-corrected chi connectivity index (χ0v) is 24.1. The summed E-state index contributed by atoms with van der Waals surface area (Å²) >= 11 is 0. The second-order valence-electron chi connectivity index (χ2n) is 10.7. The van der Waals surface area contributed by atoms with Gasteiger partial charge >= 0.3 is 0 Å². The summed E-state index contributed by atoms with van der Waals surface area (Å²) in [5.41, 5.74) is 1.14. The second-order valence-corrected chi connectivity index (χ2v) is 10.7. The first-order valence-corrected chi connectivity index (χ1v) is 15.6. The Balaban J connectivity index is 2.22. The van der Waals surface area contributed by atoms with Crippen molar-refractivity contribution < 1.29 is 13.9 Å². The van der Waals surface area contributed by atoms with Crippen LogP contribution in [-0.4, -0.2) is 20.4 Å². The summed E-state index contributed by atoms with van der Waals surface area (Å²) < 4.78 is 24.7. The molecule has 210 valence electrons. The Morgan fingerprint density at radius 2 is 1.03 bits per heavy atom. The molecule has 36 heavy (non-hydrogen) atoms. The fraction of sp³-hybridized carbons (Fsp3) is 0.818. The molecule has 3 heteroatoms. The summed E-state index contributed by atoms with van der Waals surface area (Å²) in [5.74, 6) is -0.620. The Bertz CT molecular complexity index is 564. The molecule has 0 aliphatic carbocycles. The van der Waals surface area contributed by atoms with Crippen LogP contribution in [0.3, 0.4) is 0 Å². The highest BCUT2D eigenvalue weighted by molar-refractivity contribution is 5.20. The first-order valence-electron chi connectivity index (χ1n) is 15.6. The van der Waals surface area contributed by atoms with Crippen LogP contribution in [0.25, 0.3) is 0 Å². The first-order chi connectivity index (χ1) is 17.8. The third-order valence-electron chi connectivity index (χ3n) is 7.52. The number of benzene rings is 1. The largest absolute Gasteiger partial charge is 0.349 e. The minimum absolute atomic E-state index is 0.167. The molecule has 0 bridgehead atoms. The summed E-state index contributed by atoms with van der Waals surface area (Å²) in [7, 11) is 1.80. The smallest absolute Gasteiger partial charge is 0.194 e. The van der Waals surface area contributed by atoms with E-state index in [1.54, 1.807) is 7.11 Å². The number of ether oxygens (including phenoxy) is 2. The van der Waals surface area contributed by atoms with Crippen molar-refractivity contribution in [1.29, 1.82) is 0 Å². The predicted octanol–water partition coefficient (Wildman–Crippen LogP) is 11.1. The van der Waals surface area contributed by atoms with Gasteiger partial charge in [-0.2, -0.15) is 0 Å². The standard InChI is InChI=1S/C33H59FO2/c1-3-4-5-6-7-8-9-10-11-12-15-18-24-29-33(35-2,32-27-22-21-23-28-32)36-31-26-20-17-14-13-16-19-25-30-34/h21-23,27-28H,3-20,24-26,29-31H2,1-2H3. The average Bonchev–Trinajstić information content (AvgIpc) is 2.91. The zero-order chi connectivity index (χ0) is 26.0. The van der Waals surface area contributed by atoms with E-state index < -0.39 is 5.79 Å². The van der Waals surface area contributed by atoms with E-state index in [1.807, 2.05) is 0 Å². The highest BCUT2D eigenvalue weighted by Crippen LogP contribution is 2.33. The maximum atomic E-state index is 12.2. The number of halogens is 1. The molecule has 1 aromatic carbocycles. The average molecular weight is 507 g/mol. The number of methoxy groups -OCH3 is 1. The van der Waals surface area contributed by atoms with E-state index in [0.717, 1.165) is 44.3 Å². The fourth-order valence-corrected chi connectivity index (χ4v) is 5.14. The molecular weight excluding hydrogens is 447 g/mol. The maximum absolute atomic E-state index is 12.2. The lowest BCUT2D eigenvalue weighted by Gasteiger charge is -2.33. The second kappa shape index (κ2) is 24.4. The van der Waals surface area contributed by atoms with Gasteiger partial charge in [-0.15, -0.1) is 0 Å². The molecular formula is C33H59FO2. The molecule has 0 aliphatic heterocycles. The van der Waals surface area contributed by atoms with Gasteiger partial charge < -0.3 is 9.47 Å². The third kappa shape index (κ3) is 16.7. The molecule has 1 aromatic rings. The predicted molar refractivity (Wildman–Crippen MR) is 154 cm³/mol. The molecule has 0 fully saturated rings. The summed E-state index contributed by atoms with van der Waals surface area (Å²) in [6.45, 7) is 2.86. The van der Waals surface area contributed by atoms with Crippen LogP contribution >= 0.6 is 0 Å². The van der Waals surface area contributed by atoms with E-state index in [0.29, 0.717) is 0 Å². The van der Waals surface area contributed by atoms with Crippen LogP contribution in [0.2, 0.25) is 0 Å². The SMILES string of the molecule is CCCCCCCCCCCCCCCC(OC)(OCCCCCCCCCCF)c1ccccc1. The number of rotatable bonds is 27. The summed E-state index contributed by atoms with van der Waals surface area (Å²) in [4.78, 5) is 0. The zero-order valence-electron chi connectivity index (χ0n) is 24.1. The third-order valence-corrected chi connectivity index (χ3v) is 7.52. The number of hydrogen-bond donors (Lipinski definition) is 0. The Hall–Kier alpha value is -0.930. The molecule has 1 unspecified atom stereocenters. The lowest BCUT2D eigenvalue weighted by molar-refractivity contribution is -0.237. The molecule has 1 rings (SSSR count). The first kappa shape index (κ1) is 33.1. The van der Waals surface area contributed by atoms with Crippen LogP contribution in [0.5, 0.6) is 0 Å². The topological polar surface area (TPSA) is 18.5 Å². The van der Waals surface area contributed by atoms with E-state index in [9.17, 15) is 4.39 Å². The molecule has 2 nitrogen and oxygen atoms in total. The van der Waals surface area contributed by atoms with Gasteiger partial charge in [-0.25, -0.2) is 0 Å². The van der Waals surface area contributed by atoms with Crippen LogP contribution in [0.4, 0.5) is 4.39 Å². The van der Waals surface area contributed by atoms with Crippen molar-refractivity contribution in [1.82, 2.24) is 0 Å². The number of alkyl halides is 1. The van der Waals surface area contributed by atoms with Gasteiger partial charge in [0.1, 0.15) is 0 Å². The molecule has 0 radical (unpaired) electrons. The van der Waals surface area contributed by atoms with Crippen LogP contribution in [0, 0.1) is 0 Å². The highest BCUT2D eigenvalue weighted by atomic mass is 19.1. The van der Waals surface area contributed by atoms with Crippen molar-refractivity contribution in [3.8, 4) is 0 Å². The van der Waals surface area contributed by atoms with Crippen LogP contribution in [0.1, 0.15) is 154 Å². The van der Waals surface area contributed by atoms with Gasteiger partial charge in [0, 0.05) is 19.1 Å². The van der Waals surface area contributed by atoms with Crippen molar-refractivity contribution in [2.45, 2.75) is 154 Å². The quantitative estimate of drug-likeness (QED) is 0.0872. The van der Waals surface area contributed by atoms with Crippen LogP contribution in [0.15, 0.2) is 30.3 Å². The molecule has 0 amide bonds. The Morgan fingerprint density at radius 1 is 0.583 bits per heavy atom. The molecule has 0 N–H and O–H groups in total. The van der Waals surface area contributed by atoms with Crippen molar-refractivity contribution in [3.63, 3.8) is 0 Å². The van der Waals surface area contributed by atoms with Gasteiger partial charge in [-0.1, -0.05) is 153 Å². The van der Waals surface area contributed by atoms with E-state index >= 15 is 0 Å². The van der Waals surface area contributed by atoms with Gasteiger partial charge in [-0.05, 0) is 19.3 Å². The lowest BCUT2D eigenvalue weighted by Crippen LogP contribution is -2.32. The van der Waals surface area contributed by atoms with Gasteiger partial charge in [0.05, 0.1) is 13.3 Å². The summed E-state index contributed by atoms with van der Waals surface area (Å²) in [6, 6.07) is 10.5. The van der Waals surface area contributed by atoms with Gasteiger partial charge in [0.2, 0.25) is 0 Å². The van der Waals surface area contributed by atoms with E-state index in [1.165, 1.54) is 109 Å². The maximum Gasteiger partial charge on any atom is 0.194 e. The molecule has 0 spiro atoms. The van der Waals surface area contributed by atoms with Gasteiger partial charge in [0.15, 0.2) is 5.79 Å². The summed E-state index contributed by atoms with van der Waals surface area (Å²) in [6.07, 6.45) is 27.6. The molecule has 0 saturated heterocycles. The van der Waals surface area contributed by atoms with Crippen molar-refractivity contribution in [2.75, 3.05) is 20.4 Å². The van der Waals surface area contributed by atoms with E-state index in [2.05, 4.69) is 37.3 Å². The van der Waals surface area contributed by atoms with Crippen LogP contribution < -0.4 is 0 Å². The van der Waals surface area contributed by atoms with Crippen molar-refractivity contribution >= 4 is 0 Å². The van der Waals surface area contributed by atoms with Crippen LogP contribution in [-0.2, 0) is 15.3 Å². The minimum atomic E-state index is -0.620. The molecule has 1 atom stereocenters. The molecule has 0 aromatic heterocycles. The normalized spacial score (nSPS) is 13.2. The molecule has 0 aliphatic rings. The van der Waals surface area contributed by atoms with Gasteiger partial charge in [-0.3, -0.25) is 4.39 Å². The number of unbranched alkanes of at least 4 members (excludes halogenated alkanes) is 19. The van der Waals surface area contributed by atoms with E-state index in [4.69, 9.17) is 9.47 Å². The summed E-state index contributed by atoms with van der Waals surface area (Å²) in [5, 5.41) is 0. The lowest BCUT2D eigenvalue weighted by atomic mass is 9.97. The highest BCUT2D eigenvalue weighted by Gasteiger charge is 2.32. The van der Waals surface area contributed by atoms with Gasteiger partial charge in [0.25, 0.3) is 0 Å². The Labute approximate surface area is 224 Å². The Kier molecular flexibility index (Phi) is 22.4. The minimum Gasteiger partial charge on any atom is -0.349 e. The fourth-order valence-electron chi connectivity index (χ4n) is 5.14.